The molecule has 14 heteroatoms. The first-order valence-corrected chi connectivity index (χ1v) is 11.1. The summed E-state index contributed by atoms with van der Waals surface area (Å²) in [7, 11) is 0. The van der Waals surface area contributed by atoms with Gasteiger partial charge in [0.15, 0.2) is 0 Å². The summed E-state index contributed by atoms with van der Waals surface area (Å²) in [5.41, 5.74) is 0.0936. The van der Waals surface area contributed by atoms with Gasteiger partial charge >= 0.3 is 6.18 Å². The van der Waals surface area contributed by atoms with Crippen molar-refractivity contribution in [2.24, 2.45) is 0 Å². The fraction of sp³-hybridized carbons (Fsp3) is 0.300. The Morgan fingerprint density at radius 2 is 1.97 bits per heavy atom. The van der Waals surface area contributed by atoms with Crippen molar-refractivity contribution in [1.82, 2.24) is 40.1 Å². The Morgan fingerprint density at radius 3 is 2.71 bits per heavy atom. The third-order valence-electron chi connectivity index (χ3n) is 5.37. The molecule has 1 amide bonds. The first kappa shape index (κ1) is 22.2. The van der Waals surface area contributed by atoms with Crippen molar-refractivity contribution >= 4 is 17.2 Å². The molecule has 0 saturated carbocycles. The number of piperazine rings is 1. The van der Waals surface area contributed by atoms with Gasteiger partial charge in [-0.2, -0.15) is 22.8 Å². The smallest absolute Gasteiger partial charge is 0.338 e. The number of carbonyl (C=O) groups excluding carboxylic acids is 1. The highest BCUT2D eigenvalue weighted by Gasteiger charge is 2.31. The van der Waals surface area contributed by atoms with E-state index in [0.717, 1.165) is 12.1 Å². The molecule has 0 spiro atoms. The van der Waals surface area contributed by atoms with Crippen LogP contribution in [0.5, 0.6) is 0 Å². The summed E-state index contributed by atoms with van der Waals surface area (Å²) in [5, 5.41) is 16.7. The molecule has 34 heavy (non-hydrogen) atoms. The molecule has 176 valence electrons. The van der Waals surface area contributed by atoms with E-state index in [4.69, 9.17) is 4.52 Å². The molecule has 0 atom stereocenters. The van der Waals surface area contributed by atoms with Crippen LogP contribution in [-0.4, -0.2) is 72.2 Å². The zero-order valence-electron chi connectivity index (χ0n) is 17.5. The molecule has 1 aliphatic heterocycles. The van der Waals surface area contributed by atoms with Gasteiger partial charge in [-0.25, -0.2) is 0 Å². The second-order valence-corrected chi connectivity index (χ2v) is 8.46. The number of amides is 1. The van der Waals surface area contributed by atoms with Crippen LogP contribution in [0.4, 0.5) is 13.2 Å². The van der Waals surface area contributed by atoms with Gasteiger partial charge in [0.1, 0.15) is 11.2 Å². The van der Waals surface area contributed by atoms with E-state index in [0.29, 0.717) is 49.2 Å². The van der Waals surface area contributed by atoms with E-state index in [1.165, 1.54) is 34.5 Å². The van der Waals surface area contributed by atoms with Crippen molar-refractivity contribution in [3.05, 3.63) is 58.4 Å². The number of thiophene rings is 1. The molecular weight excluding hydrogens is 473 g/mol. The van der Waals surface area contributed by atoms with Crippen molar-refractivity contribution in [2.75, 3.05) is 26.2 Å². The molecule has 0 bridgehead atoms. The second kappa shape index (κ2) is 8.95. The van der Waals surface area contributed by atoms with E-state index >= 15 is 0 Å². The normalized spacial score (nSPS) is 15.1. The number of aromatic nitrogens is 6. The molecular formula is C20H17F3N8O2S. The summed E-state index contributed by atoms with van der Waals surface area (Å²) in [5.74, 6) is 0.305. The van der Waals surface area contributed by atoms with Gasteiger partial charge in [-0.15, -0.1) is 16.4 Å². The van der Waals surface area contributed by atoms with E-state index < -0.39 is 11.7 Å². The number of carbonyl (C=O) groups is 1. The number of benzene rings is 1. The fourth-order valence-electron chi connectivity index (χ4n) is 3.63. The quantitative estimate of drug-likeness (QED) is 0.421. The van der Waals surface area contributed by atoms with E-state index in [1.807, 2.05) is 10.3 Å². The minimum absolute atomic E-state index is 0.0928. The topological polar surface area (TPSA) is 106 Å². The predicted octanol–water partition coefficient (Wildman–Crippen LogP) is 2.75. The van der Waals surface area contributed by atoms with Gasteiger partial charge in [0.2, 0.25) is 11.7 Å². The lowest BCUT2D eigenvalue weighted by Gasteiger charge is -2.33. The zero-order chi connectivity index (χ0) is 23.7. The van der Waals surface area contributed by atoms with Crippen molar-refractivity contribution in [1.29, 1.82) is 0 Å². The molecule has 3 aromatic heterocycles. The Hall–Kier alpha value is -3.65. The number of alkyl halides is 3. The largest absolute Gasteiger partial charge is 0.416 e. The van der Waals surface area contributed by atoms with E-state index in [9.17, 15) is 18.0 Å². The van der Waals surface area contributed by atoms with Gasteiger partial charge in [-0.3, -0.25) is 9.69 Å². The lowest BCUT2D eigenvalue weighted by Crippen LogP contribution is -2.48. The molecule has 10 nitrogen and oxygen atoms in total. The molecule has 0 N–H and O–H groups in total. The highest BCUT2D eigenvalue weighted by molar-refractivity contribution is 7.12. The number of hydrogen-bond acceptors (Lipinski definition) is 9. The Labute approximate surface area is 194 Å². The van der Waals surface area contributed by atoms with Crippen molar-refractivity contribution in [3.8, 4) is 17.1 Å². The minimum atomic E-state index is -4.45. The van der Waals surface area contributed by atoms with Gasteiger partial charge in [0.25, 0.3) is 5.91 Å². The molecule has 1 aromatic carbocycles. The number of nitrogens with zero attached hydrogens (tertiary/aromatic N) is 8. The Balaban J connectivity index is 1.20. The fourth-order valence-corrected chi connectivity index (χ4v) is 4.47. The molecule has 1 fully saturated rings. The maximum atomic E-state index is 13.0. The SMILES string of the molecule is O=C(c1sccc1-n1cnnn1)N1CCN(Cc2nc(-c3cccc(C(F)(F)F)c3)no2)CC1. The summed E-state index contributed by atoms with van der Waals surface area (Å²) >= 11 is 1.33. The van der Waals surface area contributed by atoms with Crippen LogP contribution in [0.15, 0.2) is 46.6 Å². The van der Waals surface area contributed by atoms with Crippen LogP contribution >= 0.6 is 11.3 Å². The van der Waals surface area contributed by atoms with Crippen LogP contribution in [0, 0.1) is 0 Å². The summed E-state index contributed by atoms with van der Waals surface area (Å²) < 4.78 is 45.6. The van der Waals surface area contributed by atoms with Gasteiger partial charge in [0.05, 0.1) is 17.8 Å². The van der Waals surface area contributed by atoms with Gasteiger partial charge < -0.3 is 9.42 Å². The van der Waals surface area contributed by atoms with Crippen LogP contribution in [0.25, 0.3) is 17.1 Å². The van der Waals surface area contributed by atoms with Crippen LogP contribution in [0.3, 0.4) is 0 Å². The lowest BCUT2D eigenvalue weighted by molar-refractivity contribution is -0.137. The van der Waals surface area contributed by atoms with Crippen LogP contribution < -0.4 is 0 Å². The maximum absolute atomic E-state index is 13.0. The second-order valence-electron chi connectivity index (χ2n) is 7.55. The highest BCUT2D eigenvalue weighted by Crippen LogP contribution is 2.31. The van der Waals surface area contributed by atoms with Crippen LogP contribution in [-0.2, 0) is 12.7 Å². The lowest BCUT2D eigenvalue weighted by atomic mass is 10.1. The van der Waals surface area contributed by atoms with Crippen molar-refractivity contribution < 1.29 is 22.5 Å². The summed E-state index contributed by atoms with van der Waals surface area (Å²) in [4.78, 5) is 21.6. The number of rotatable bonds is 5. The van der Waals surface area contributed by atoms with Gasteiger partial charge in [0, 0.05) is 31.7 Å². The Bertz CT molecular complexity index is 1280. The average Bonchev–Trinajstić information content (AvgIpc) is 3.60. The van der Waals surface area contributed by atoms with Crippen LogP contribution in [0.1, 0.15) is 21.1 Å². The molecule has 0 aliphatic carbocycles. The molecule has 4 aromatic rings. The summed E-state index contributed by atoms with van der Waals surface area (Å²) in [6, 6.07) is 6.59. The van der Waals surface area contributed by atoms with E-state index in [-0.39, 0.29) is 17.3 Å². The number of hydrogen-bond donors (Lipinski definition) is 0. The molecule has 0 radical (unpaired) electrons. The predicted molar refractivity (Wildman–Crippen MR) is 113 cm³/mol. The molecule has 0 unspecified atom stereocenters. The van der Waals surface area contributed by atoms with Gasteiger partial charge in [-0.1, -0.05) is 17.3 Å². The third kappa shape index (κ3) is 4.54. The standard InChI is InChI=1S/C20H17F3N8O2S/c21-20(22,23)14-3-1-2-13(10-14)18-25-16(33-26-18)11-29-5-7-30(8-6-29)19(32)17-15(4-9-34-17)31-12-24-27-28-31/h1-4,9-10,12H,5-8,11H2. The average molecular weight is 490 g/mol. The number of halogens is 3. The molecule has 4 heterocycles. The molecule has 1 aliphatic rings. The number of tetrazole rings is 1. The van der Waals surface area contributed by atoms with E-state index in [1.54, 1.807) is 11.0 Å². The molecule has 5 rings (SSSR count). The maximum Gasteiger partial charge on any atom is 0.416 e. The monoisotopic (exact) mass is 490 g/mol. The highest BCUT2D eigenvalue weighted by atomic mass is 32.1. The first-order valence-electron chi connectivity index (χ1n) is 10.2. The zero-order valence-corrected chi connectivity index (χ0v) is 18.3. The summed E-state index contributed by atoms with van der Waals surface area (Å²) in [6.45, 7) is 2.50. The third-order valence-corrected chi connectivity index (χ3v) is 6.26. The van der Waals surface area contributed by atoms with Gasteiger partial charge in [-0.05, 0) is 34.0 Å². The Kier molecular flexibility index (Phi) is 5.83. The van der Waals surface area contributed by atoms with Crippen LogP contribution in [0.2, 0.25) is 0 Å². The Morgan fingerprint density at radius 1 is 1.15 bits per heavy atom. The molecule has 1 saturated heterocycles. The van der Waals surface area contributed by atoms with Crippen molar-refractivity contribution in [2.45, 2.75) is 12.7 Å². The minimum Gasteiger partial charge on any atom is -0.338 e. The summed E-state index contributed by atoms with van der Waals surface area (Å²) in [6.07, 6.45) is -3.01. The van der Waals surface area contributed by atoms with E-state index in [2.05, 4.69) is 25.7 Å². The first-order chi connectivity index (χ1) is 16.4. The van der Waals surface area contributed by atoms with Crippen molar-refractivity contribution in [3.63, 3.8) is 0 Å².